The van der Waals surface area contributed by atoms with Crippen molar-refractivity contribution in [3.05, 3.63) is 0 Å². The third-order valence-electron chi connectivity index (χ3n) is 1.24. The zero-order valence-electron chi connectivity index (χ0n) is 6.59. The fourth-order valence-electron chi connectivity index (χ4n) is 0.700. The topological polar surface area (TPSA) is 70.0 Å². The number of hydrogen-bond acceptors (Lipinski definition) is 3. The van der Waals surface area contributed by atoms with Crippen LogP contribution in [-0.2, 0) is 10.4 Å². The SMILES string of the molecule is N#CCCCCCNS(=O)(=O)F. The molecule has 0 unspecified atom stereocenters. The lowest BCUT2D eigenvalue weighted by atomic mass is 10.2. The quantitative estimate of drug-likeness (QED) is 0.504. The summed E-state index contributed by atoms with van der Waals surface area (Å²) in [4.78, 5) is 0. The van der Waals surface area contributed by atoms with Crippen molar-refractivity contribution in [3.8, 4) is 6.07 Å². The fourth-order valence-corrected chi connectivity index (χ4v) is 1.09. The largest absolute Gasteiger partial charge is 0.372 e. The second-order valence-electron chi connectivity index (χ2n) is 2.30. The van der Waals surface area contributed by atoms with Crippen molar-refractivity contribution in [2.45, 2.75) is 25.7 Å². The van der Waals surface area contributed by atoms with Gasteiger partial charge in [-0.3, -0.25) is 0 Å². The van der Waals surface area contributed by atoms with Crippen LogP contribution in [0.5, 0.6) is 0 Å². The van der Waals surface area contributed by atoms with Crippen molar-refractivity contribution in [3.63, 3.8) is 0 Å². The molecule has 0 fully saturated rings. The van der Waals surface area contributed by atoms with Crippen LogP contribution < -0.4 is 4.72 Å². The van der Waals surface area contributed by atoms with Crippen molar-refractivity contribution in [1.29, 1.82) is 5.26 Å². The normalized spacial score (nSPS) is 11.0. The summed E-state index contributed by atoms with van der Waals surface area (Å²) in [5.74, 6) is 0. The van der Waals surface area contributed by atoms with E-state index in [2.05, 4.69) is 0 Å². The molecule has 70 valence electrons. The van der Waals surface area contributed by atoms with Gasteiger partial charge in [0.05, 0.1) is 6.07 Å². The van der Waals surface area contributed by atoms with Crippen LogP contribution >= 0.6 is 0 Å². The molecule has 12 heavy (non-hydrogen) atoms. The number of halogens is 1. The number of unbranched alkanes of at least 4 members (excludes halogenated alkanes) is 3. The molecule has 0 amide bonds. The highest BCUT2D eigenvalue weighted by atomic mass is 32.3. The van der Waals surface area contributed by atoms with Gasteiger partial charge in [0.15, 0.2) is 0 Å². The van der Waals surface area contributed by atoms with Gasteiger partial charge in [0.1, 0.15) is 0 Å². The first-order chi connectivity index (χ1) is 5.56. The number of rotatable bonds is 6. The highest BCUT2D eigenvalue weighted by molar-refractivity contribution is 7.84. The molecule has 0 aliphatic carbocycles. The Balaban J connectivity index is 3.18. The van der Waals surface area contributed by atoms with Gasteiger partial charge in [0, 0.05) is 13.0 Å². The molecule has 0 saturated carbocycles. The molecule has 0 bridgehead atoms. The lowest BCUT2D eigenvalue weighted by Gasteiger charge is -1.97. The average Bonchev–Trinajstić information content (AvgIpc) is 1.94. The van der Waals surface area contributed by atoms with Gasteiger partial charge in [-0.25, -0.2) is 0 Å². The maximum atomic E-state index is 11.8. The Kier molecular flexibility index (Phi) is 5.58. The third-order valence-corrected chi connectivity index (χ3v) is 1.79. The minimum absolute atomic E-state index is 0.101. The van der Waals surface area contributed by atoms with Crippen LogP contribution in [0.25, 0.3) is 0 Å². The van der Waals surface area contributed by atoms with Gasteiger partial charge in [-0.15, -0.1) is 0 Å². The van der Waals surface area contributed by atoms with Crippen LogP contribution in [-0.4, -0.2) is 15.0 Å². The number of nitrogens with zero attached hydrogens (tertiary/aromatic N) is 1. The lowest BCUT2D eigenvalue weighted by molar-refractivity contribution is 0.531. The molecule has 0 rings (SSSR count). The first-order valence-electron chi connectivity index (χ1n) is 3.62. The molecule has 0 heterocycles. The van der Waals surface area contributed by atoms with E-state index in [4.69, 9.17) is 5.26 Å². The molecule has 4 nitrogen and oxygen atoms in total. The van der Waals surface area contributed by atoms with Crippen molar-refractivity contribution in [1.82, 2.24) is 4.72 Å². The highest BCUT2D eigenvalue weighted by Crippen LogP contribution is 1.97. The Bertz CT molecular complexity index is 245. The van der Waals surface area contributed by atoms with Crippen LogP contribution in [0.4, 0.5) is 3.89 Å². The molecule has 0 aliphatic heterocycles. The molecular weight excluding hydrogens is 183 g/mol. The molecule has 0 spiro atoms. The van der Waals surface area contributed by atoms with E-state index in [0.717, 1.165) is 12.8 Å². The van der Waals surface area contributed by atoms with E-state index in [1.807, 2.05) is 6.07 Å². The summed E-state index contributed by atoms with van der Waals surface area (Å²) >= 11 is 0. The van der Waals surface area contributed by atoms with Gasteiger partial charge in [-0.1, -0.05) is 10.3 Å². The molecular formula is C6H11FN2O2S. The first-order valence-corrected chi connectivity index (χ1v) is 5.01. The summed E-state index contributed by atoms with van der Waals surface area (Å²) in [7, 11) is -4.53. The average molecular weight is 194 g/mol. The molecule has 0 atom stereocenters. The van der Waals surface area contributed by atoms with E-state index in [1.165, 1.54) is 0 Å². The van der Waals surface area contributed by atoms with Crippen LogP contribution in [0.15, 0.2) is 0 Å². The summed E-state index contributed by atoms with van der Waals surface area (Å²) in [5.41, 5.74) is 0. The maximum absolute atomic E-state index is 11.8. The molecule has 0 aromatic heterocycles. The van der Waals surface area contributed by atoms with E-state index < -0.39 is 10.4 Å². The summed E-state index contributed by atoms with van der Waals surface area (Å²) in [5, 5.41) is 8.13. The van der Waals surface area contributed by atoms with Crippen molar-refractivity contribution in [2.75, 3.05) is 6.54 Å². The molecule has 1 N–H and O–H groups in total. The zero-order chi connectivity index (χ0) is 9.45. The van der Waals surface area contributed by atoms with Gasteiger partial charge in [0.25, 0.3) is 0 Å². The molecule has 0 aliphatic rings. The van der Waals surface area contributed by atoms with Gasteiger partial charge in [0.2, 0.25) is 0 Å². The molecule has 0 radical (unpaired) electrons. The monoisotopic (exact) mass is 194 g/mol. The summed E-state index contributed by atoms with van der Waals surface area (Å²) in [6.07, 6.45) is 2.48. The minimum Gasteiger partial charge on any atom is -0.198 e. The Morgan fingerprint density at radius 2 is 2.00 bits per heavy atom. The smallest absolute Gasteiger partial charge is 0.198 e. The maximum Gasteiger partial charge on any atom is 0.372 e. The second-order valence-corrected chi connectivity index (χ2v) is 3.47. The standard InChI is InChI=1S/C6H11FN2O2S/c7-12(10,11)9-6-4-2-1-3-5-8/h9H,1-4,6H2. The van der Waals surface area contributed by atoms with Crippen LogP contribution in [0, 0.1) is 11.3 Å². The Morgan fingerprint density at radius 1 is 1.33 bits per heavy atom. The minimum atomic E-state index is -4.53. The molecule has 0 aromatic rings. The summed E-state index contributed by atoms with van der Waals surface area (Å²) in [6.45, 7) is 0.101. The van der Waals surface area contributed by atoms with E-state index in [9.17, 15) is 12.3 Å². The van der Waals surface area contributed by atoms with Gasteiger partial charge in [-0.2, -0.15) is 18.4 Å². The van der Waals surface area contributed by atoms with Crippen molar-refractivity contribution < 1.29 is 12.3 Å². The fraction of sp³-hybridized carbons (Fsp3) is 0.833. The molecule has 0 saturated heterocycles. The predicted octanol–water partition coefficient (Wildman–Crippen LogP) is 0.874. The van der Waals surface area contributed by atoms with E-state index in [0.29, 0.717) is 12.8 Å². The van der Waals surface area contributed by atoms with E-state index in [1.54, 1.807) is 4.72 Å². The Morgan fingerprint density at radius 3 is 2.50 bits per heavy atom. The summed E-state index contributed by atoms with van der Waals surface area (Å²) < 4.78 is 33.3. The van der Waals surface area contributed by atoms with Crippen LogP contribution in [0.3, 0.4) is 0 Å². The van der Waals surface area contributed by atoms with Crippen molar-refractivity contribution in [2.24, 2.45) is 0 Å². The van der Waals surface area contributed by atoms with E-state index >= 15 is 0 Å². The third kappa shape index (κ3) is 9.33. The number of nitrogens with one attached hydrogen (secondary N) is 1. The van der Waals surface area contributed by atoms with Gasteiger partial charge < -0.3 is 0 Å². The van der Waals surface area contributed by atoms with Gasteiger partial charge >= 0.3 is 10.4 Å². The Hall–Kier alpha value is -0.670. The first kappa shape index (κ1) is 11.3. The lowest BCUT2D eigenvalue weighted by Crippen LogP contribution is -2.19. The number of nitriles is 1. The molecule has 0 aromatic carbocycles. The Labute approximate surface area is 71.7 Å². The summed E-state index contributed by atoms with van der Waals surface area (Å²) in [6, 6.07) is 1.96. The second kappa shape index (κ2) is 5.91. The van der Waals surface area contributed by atoms with Crippen molar-refractivity contribution >= 4 is 10.4 Å². The highest BCUT2D eigenvalue weighted by Gasteiger charge is 2.02. The van der Waals surface area contributed by atoms with Gasteiger partial charge in [-0.05, 0) is 12.8 Å². The number of hydrogen-bond donors (Lipinski definition) is 1. The van der Waals surface area contributed by atoms with Crippen LogP contribution in [0.2, 0.25) is 0 Å². The zero-order valence-corrected chi connectivity index (χ0v) is 7.40. The van der Waals surface area contributed by atoms with E-state index in [-0.39, 0.29) is 6.54 Å². The predicted molar refractivity (Wildman–Crippen MR) is 42.1 cm³/mol. The van der Waals surface area contributed by atoms with Crippen LogP contribution in [0.1, 0.15) is 25.7 Å². The molecule has 6 heteroatoms.